The Bertz CT molecular complexity index is 654. The molecule has 0 amide bonds. The molecule has 4 nitrogen and oxygen atoms in total. The summed E-state index contributed by atoms with van der Waals surface area (Å²) in [7, 11) is 0. The average Bonchev–Trinajstić information content (AvgIpc) is 3.12. The number of aromatic carboxylic acids is 1. The third kappa shape index (κ3) is 2.68. The molecule has 0 aliphatic carbocycles. The van der Waals surface area contributed by atoms with E-state index in [1.165, 1.54) is 31.5 Å². The van der Waals surface area contributed by atoms with E-state index in [1.54, 1.807) is 6.07 Å². The molecule has 1 saturated heterocycles. The Morgan fingerprint density at radius 1 is 1.29 bits per heavy atom. The summed E-state index contributed by atoms with van der Waals surface area (Å²) in [4.78, 5) is 13.9. The summed E-state index contributed by atoms with van der Waals surface area (Å²) >= 11 is 0. The van der Waals surface area contributed by atoms with Gasteiger partial charge in [-0.2, -0.15) is 0 Å². The second kappa shape index (κ2) is 5.90. The molecule has 3 rings (SSSR count). The number of rotatable bonds is 5. The molecule has 0 spiro atoms. The molecular weight excluding hydrogens is 264 g/mol. The molecule has 2 aromatic rings. The van der Waals surface area contributed by atoms with Gasteiger partial charge in [0, 0.05) is 24.7 Å². The highest BCUT2D eigenvalue weighted by atomic mass is 16.4. The number of benzene rings is 1. The van der Waals surface area contributed by atoms with Gasteiger partial charge in [-0.15, -0.1) is 0 Å². The van der Waals surface area contributed by atoms with Gasteiger partial charge in [0.2, 0.25) is 0 Å². The topological polar surface area (TPSA) is 45.5 Å². The number of hydrogen-bond donors (Lipinski definition) is 1. The van der Waals surface area contributed by atoms with Crippen LogP contribution in [0.3, 0.4) is 0 Å². The van der Waals surface area contributed by atoms with Crippen LogP contribution >= 0.6 is 0 Å². The first-order valence-corrected chi connectivity index (χ1v) is 7.77. The van der Waals surface area contributed by atoms with Crippen molar-refractivity contribution in [3.05, 3.63) is 35.5 Å². The molecule has 0 bridgehead atoms. The third-order valence-corrected chi connectivity index (χ3v) is 4.45. The predicted octanol–water partition coefficient (Wildman–Crippen LogP) is 3.00. The molecule has 1 aromatic heterocycles. The summed E-state index contributed by atoms with van der Waals surface area (Å²) in [5.74, 6) is -0.848. The summed E-state index contributed by atoms with van der Waals surface area (Å²) in [6, 6.07) is 5.60. The van der Waals surface area contributed by atoms with Gasteiger partial charge in [-0.05, 0) is 50.9 Å². The second-order valence-electron chi connectivity index (χ2n) is 5.75. The second-order valence-corrected chi connectivity index (χ2v) is 5.75. The maximum absolute atomic E-state index is 11.4. The van der Waals surface area contributed by atoms with Crippen molar-refractivity contribution < 1.29 is 9.90 Å². The lowest BCUT2D eigenvalue weighted by Crippen LogP contribution is -2.21. The van der Waals surface area contributed by atoms with Crippen LogP contribution in [0.25, 0.3) is 10.9 Å². The van der Waals surface area contributed by atoms with Crippen LogP contribution in [0.15, 0.2) is 24.4 Å². The zero-order valence-electron chi connectivity index (χ0n) is 12.5. The molecule has 4 heteroatoms. The van der Waals surface area contributed by atoms with Crippen LogP contribution in [0.5, 0.6) is 0 Å². The number of para-hydroxylation sites is 1. The van der Waals surface area contributed by atoms with Crippen molar-refractivity contribution in [1.82, 2.24) is 9.47 Å². The molecule has 1 aromatic carbocycles. The molecular formula is C17H22N2O2. The van der Waals surface area contributed by atoms with E-state index in [4.69, 9.17) is 0 Å². The zero-order chi connectivity index (χ0) is 14.8. The number of aryl methyl sites for hydroxylation is 1. The highest BCUT2D eigenvalue weighted by Crippen LogP contribution is 2.26. The van der Waals surface area contributed by atoms with Gasteiger partial charge in [0.15, 0.2) is 0 Å². The Hall–Kier alpha value is -1.81. The van der Waals surface area contributed by atoms with E-state index in [0.29, 0.717) is 5.56 Å². The average molecular weight is 286 g/mol. The molecule has 2 heterocycles. The Balaban J connectivity index is 1.95. The van der Waals surface area contributed by atoms with Crippen LogP contribution in [-0.4, -0.2) is 40.2 Å². The molecule has 1 aliphatic heterocycles. The Kier molecular flexibility index (Phi) is 3.97. The molecule has 0 atom stereocenters. The van der Waals surface area contributed by atoms with Crippen LogP contribution in [-0.2, 0) is 13.0 Å². The quantitative estimate of drug-likeness (QED) is 0.919. The lowest BCUT2D eigenvalue weighted by molar-refractivity contribution is 0.0698. The first-order chi connectivity index (χ1) is 10.2. The van der Waals surface area contributed by atoms with Gasteiger partial charge >= 0.3 is 5.97 Å². The molecule has 21 heavy (non-hydrogen) atoms. The largest absolute Gasteiger partial charge is 0.478 e. The van der Waals surface area contributed by atoms with Crippen LogP contribution in [0.1, 0.15) is 35.7 Å². The van der Waals surface area contributed by atoms with E-state index < -0.39 is 5.97 Å². The third-order valence-electron chi connectivity index (χ3n) is 4.45. The van der Waals surface area contributed by atoms with Gasteiger partial charge in [-0.3, -0.25) is 0 Å². The standard InChI is InChI=1S/C17H22N2O2/c1-2-19-12-13(8-11-18-9-3-4-10-18)14-6-5-7-15(16(14)19)17(20)21/h5-7,12H,2-4,8-11H2,1H3,(H,20,21). The van der Waals surface area contributed by atoms with Crippen LogP contribution in [0.2, 0.25) is 0 Å². The lowest BCUT2D eigenvalue weighted by Gasteiger charge is -2.13. The van der Waals surface area contributed by atoms with Crippen molar-refractivity contribution in [1.29, 1.82) is 0 Å². The SMILES string of the molecule is CCn1cc(CCN2CCCC2)c2cccc(C(=O)O)c21. The van der Waals surface area contributed by atoms with E-state index in [1.807, 2.05) is 12.1 Å². The molecule has 0 radical (unpaired) electrons. The van der Waals surface area contributed by atoms with E-state index in [2.05, 4.69) is 22.6 Å². The molecule has 0 unspecified atom stereocenters. The number of nitrogens with zero attached hydrogens (tertiary/aromatic N) is 2. The predicted molar refractivity (Wildman–Crippen MR) is 83.9 cm³/mol. The fourth-order valence-electron chi connectivity index (χ4n) is 3.34. The Morgan fingerprint density at radius 2 is 2.05 bits per heavy atom. The first kappa shape index (κ1) is 14.1. The summed E-state index contributed by atoms with van der Waals surface area (Å²) < 4.78 is 2.07. The minimum Gasteiger partial charge on any atom is -0.478 e. The molecule has 0 saturated carbocycles. The van der Waals surface area contributed by atoms with Crippen molar-refractivity contribution in [2.75, 3.05) is 19.6 Å². The van der Waals surface area contributed by atoms with E-state index >= 15 is 0 Å². The summed E-state index contributed by atoms with van der Waals surface area (Å²) in [5.41, 5.74) is 2.53. The summed E-state index contributed by atoms with van der Waals surface area (Å²) in [5, 5.41) is 10.5. The molecule has 1 N–H and O–H groups in total. The van der Waals surface area contributed by atoms with Crippen molar-refractivity contribution in [2.24, 2.45) is 0 Å². The van der Waals surface area contributed by atoms with Crippen molar-refractivity contribution in [3.8, 4) is 0 Å². The van der Waals surface area contributed by atoms with Gasteiger partial charge in [0.25, 0.3) is 0 Å². The first-order valence-electron chi connectivity index (χ1n) is 7.77. The molecule has 1 fully saturated rings. The lowest BCUT2D eigenvalue weighted by atomic mass is 10.1. The van der Waals surface area contributed by atoms with Crippen molar-refractivity contribution >= 4 is 16.9 Å². The number of carboxylic acid groups (broad SMARTS) is 1. The fraction of sp³-hybridized carbons (Fsp3) is 0.471. The van der Waals surface area contributed by atoms with Gasteiger partial charge in [0.05, 0.1) is 11.1 Å². The van der Waals surface area contributed by atoms with Gasteiger partial charge < -0.3 is 14.6 Å². The van der Waals surface area contributed by atoms with Crippen LogP contribution < -0.4 is 0 Å². The van der Waals surface area contributed by atoms with Crippen molar-refractivity contribution in [3.63, 3.8) is 0 Å². The summed E-state index contributed by atoms with van der Waals surface area (Å²) in [6.45, 7) is 6.33. The van der Waals surface area contributed by atoms with E-state index in [9.17, 15) is 9.90 Å². The minimum absolute atomic E-state index is 0.404. The summed E-state index contributed by atoms with van der Waals surface area (Å²) in [6.07, 6.45) is 5.74. The Labute approximate surface area is 125 Å². The van der Waals surface area contributed by atoms with E-state index in [-0.39, 0.29) is 0 Å². The number of carbonyl (C=O) groups is 1. The monoisotopic (exact) mass is 286 g/mol. The normalized spacial score (nSPS) is 15.9. The molecule has 112 valence electrons. The number of carboxylic acids is 1. The molecule has 1 aliphatic rings. The van der Waals surface area contributed by atoms with Crippen LogP contribution in [0, 0.1) is 0 Å². The Morgan fingerprint density at radius 3 is 2.71 bits per heavy atom. The van der Waals surface area contributed by atoms with Gasteiger partial charge in [-0.1, -0.05) is 12.1 Å². The van der Waals surface area contributed by atoms with Gasteiger partial charge in [0.1, 0.15) is 0 Å². The number of hydrogen-bond acceptors (Lipinski definition) is 2. The van der Waals surface area contributed by atoms with Crippen molar-refractivity contribution in [2.45, 2.75) is 32.7 Å². The van der Waals surface area contributed by atoms with Gasteiger partial charge in [-0.25, -0.2) is 4.79 Å². The smallest absolute Gasteiger partial charge is 0.337 e. The number of likely N-dealkylation sites (tertiary alicyclic amines) is 1. The fourth-order valence-corrected chi connectivity index (χ4v) is 3.34. The maximum atomic E-state index is 11.4. The van der Waals surface area contributed by atoms with Crippen LogP contribution in [0.4, 0.5) is 0 Å². The zero-order valence-corrected chi connectivity index (χ0v) is 12.5. The number of fused-ring (bicyclic) bond motifs is 1. The van der Waals surface area contributed by atoms with E-state index in [0.717, 1.165) is 30.4 Å². The minimum atomic E-state index is -0.848. The number of aromatic nitrogens is 1. The maximum Gasteiger partial charge on any atom is 0.337 e. The highest BCUT2D eigenvalue weighted by Gasteiger charge is 2.17. The highest BCUT2D eigenvalue weighted by molar-refractivity contribution is 6.03.